The number of hydrogen-bond acceptors (Lipinski definition) is 4. The average molecular weight is 307 g/mol. The largest absolute Gasteiger partial charge is 0.494 e. The van der Waals surface area contributed by atoms with E-state index in [0.29, 0.717) is 28.7 Å². The lowest BCUT2D eigenvalue weighted by molar-refractivity contribution is 0.318. The van der Waals surface area contributed by atoms with Crippen molar-refractivity contribution < 1.29 is 14.7 Å². The van der Waals surface area contributed by atoms with Crippen LogP contribution in [0.4, 0.5) is 0 Å². The van der Waals surface area contributed by atoms with Gasteiger partial charge in [0, 0.05) is 5.56 Å². The number of benzene rings is 2. The molecule has 0 bridgehead atoms. The Labute approximate surface area is 127 Å². The van der Waals surface area contributed by atoms with Crippen LogP contribution in [-0.2, 0) is 0 Å². The number of ether oxygens (including phenoxy) is 2. The second kappa shape index (κ2) is 6.85. The van der Waals surface area contributed by atoms with Crippen molar-refractivity contribution in [3.05, 3.63) is 53.1 Å². The fourth-order valence-electron chi connectivity index (χ4n) is 1.70. The van der Waals surface area contributed by atoms with E-state index in [1.54, 1.807) is 30.3 Å². The summed E-state index contributed by atoms with van der Waals surface area (Å²) in [4.78, 5) is 0. The monoisotopic (exact) mass is 306 g/mol. The summed E-state index contributed by atoms with van der Waals surface area (Å²) < 4.78 is 11.0. The molecule has 0 saturated heterocycles. The Bertz CT molecular complexity index is 642. The molecule has 2 aromatic rings. The normalized spacial score (nSPS) is 11.2. The van der Waals surface area contributed by atoms with Crippen molar-refractivity contribution in [2.75, 3.05) is 6.61 Å². The maximum atomic E-state index is 8.63. The number of oxime groups is 1. The van der Waals surface area contributed by atoms with Crippen LogP contribution in [0.3, 0.4) is 0 Å². The van der Waals surface area contributed by atoms with Gasteiger partial charge in [-0.05, 0) is 49.4 Å². The van der Waals surface area contributed by atoms with Crippen molar-refractivity contribution in [2.24, 2.45) is 10.9 Å². The van der Waals surface area contributed by atoms with E-state index in [2.05, 4.69) is 5.16 Å². The Hall–Kier alpha value is -2.40. The Morgan fingerprint density at radius 1 is 1.19 bits per heavy atom. The van der Waals surface area contributed by atoms with Crippen LogP contribution in [0, 0.1) is 0 Å². The van der Waals surface area contributed by atoms with Gasteiger partial charge in [-0.15, -0.1) is 0 Å². The van der Waals surface area contributed by atoms with Gasteiger partial charge in [0.2, 0.25) is 0 Å². The molecule has 0 radical (unpaired) electrons. The number of nitrogens with zero attached hydrogens (tertiary/aromatic N) is 1. The van der Waals surface area contributed by atoms with E-state index in [9.17, 15) is 0 Å². The molecule has 0 unspecified atom stereocenters. The number of hydrogen-bond donors (Lipinski definition) is 2. The van der Waals surface area contributed by atoms with Gasteiger partial charge < -0.3 is 20.4 Å². The summed E-state index contributed by atoms with van der Waals surface area (Å²) in [6, 6.07) is 12.1. The molecule has 0 aliphatic rings. The smallest absolute Gasteiger partial charge is 0.170 e. The predicted molar refractivity (Wildman–Crippen MR) is 81.6 cm³/mol. The van der Waals surface area contributed by atoms with Crippen LogP contribution in [0.5, 0.6) is 17.2 Å². The number of nitrogens with two attached hydrogens (primary N) is 1. The van der Waals surface area contributed by atoms with E-state index in [1.165, 1.54) is 0 Å². The molecule has 0 fully saturated rings. The van der Waals surface area contributed by atoms with Crippen LogP contribution >= 0.6 is 11.6 Å². The molecule has 3 N–H and O–H groups in total. The summed E-state index contributed by atoms with van der Waals surface area (Å²) in [5.74, 6) is 1.88. The lowest BCUT2D eigenvalue weighted by atomic mass is 10.2. The van der Waals surface area contributed by atoms with Gasteiger partial charge in [0.1, 0.15) is 17.2 Å². The van der Waals surface area contributed by atoms with Gasteiger partial charge in [0.25, 0.3) is 0 Å². The molecule has 110 valence electrons. The highest BCUT2D eigenvalue weighted by Gasteiger charge is 2.07. The fourth-order valence-corrected chi connectivity index (χ4v) is 1.92. The van der Waals surface area contributed by atoms with Crippen LogP contribution in [0.25, 0.3) is 0 Å². The number of halogens is 1. The number of rotatable bonds is 5. The SMILES string of the molecule is CCOc1ccc(Oc2ccc(C(N)=NO)cc2Cl)cc1. The third kappa shape index (κ3) is 3.79. The molecule has 0 amide bonds. The van der Waals surface area contributed by atoms with Crippen LogP contribution in [0.1, 0.15) is 12.5 Å². The van der Waals surface area contributed by atoms with Gasteiger partial charge in [0.15, 0.2) is 5.84 Å². The minimum absolute atomic E-state index is 0.00971. The van der Waals surface area contributed by atoms with Gasteiger partial charge in [-0.25, -0.2) is 0 Å². The van der Waals surface area contributed by atoms with E-state index in [-0.39, 0.29) is 5.84 Å². The van der Waals surface area contributed by atoms with E-state index < -0.39 is 0 Å². The van der Waals surface area contributed by atoms with Gasteiger partial charge in [0.05, 0.1) is 11.6 Å². The molecule has 2 rings (SSSR count). The Morgan fingerprint density at radius 2 is 1.86 bits per heavy atom. The predicted octanol–water partition coefficient (Wildman–Crippen LogP) is 3.63. The molecule has 0 aromatic heterocycles. The van der Waals surface area contributed by atoms with Crippen molar-refractivity contribution in [1.82, 2.24) is 0 Å². The number of amidine groups is 1. The first kappa shape index (κ1) is 15.0. The summed E-state index contributed by atoms with van der Waals surface area (Å²) in [6.07, 6.45) is 0. The summed E-state index contributed by atoms with van der Waals surface area (Å²) in [5.41, 5.74) is 6.01. The topological polar surface area (TPSA) is 77.1 Å². The fraction of sp³-hybridized carbons (Fsp3) is 0.133. The van der Waals surface area contributed by atoms with Crippen molar-refractivity contribution in [1.29, 1.82) is 0 Å². The maximum absolute atomic E-state index is 8.63. The molecule has 0 heterocycles. The minimum Gasteiger partial charge on any atom is -0.494 e. The Morgan fingerprint density at radius 3 is 2.43 bits per heavy atom. The van der Waals surface area contributed by atoms with Crippen LogP contribution in [0.15, 0.2) is 47.6 Å². The van der Waals surface area contributed by atoms with E-state index in [0.717, 1.165) is 5.75 Å². The van der Waals surface area contributed by atoms with Crippen LogP contribution in [-0.4, -0.2) is 17.6 Å². The minimum atomic E-state index is -0.00971. The van der Waals surface area contributed by atoms with E-state index >= 15 is 0 Å². The first-order chi connectivity index (χ1) is 10.1. The maximum Gasteiger partial charge on any atom is 0.170 e. The summed E-state index contributed by atoms with van der Waals surface area (Å²) in [7, 11) is 0. The third-order valence-electron chi connectivity index (χ3n) is 2.70. The Kier molecular flexibility index (Phi) is 4.90. The summed E-state index contributed by atoms with van der Waals surface area (Å²) in [6.45, 7) is 2.54. The lowest BCUT2D eigenvalue weighted by Crippen LogP contribution is -2.12. The summed E-state index contributed by atoms with van der Waals surface area (Å²) in [5, 5.41) is 11.9. The van der Waals surface area contributed by atoms with Crippen molar-refractivity contribution in [3.63, 3.8) is 0 Å². The highest BCUT2D eigenvalue weighted by molar-refractivity contribution is 6.32. The van der Waals surface area contributed by atoms with Crippen molar-refractivity contribution in [2.45, 2.75) is 6.92 Å². The van der Waals surface area contributed by atoms with Gasteiger partial charge >= 0.3 is 0 Å². The second-order valence-corrected chi connectivity index (χ2v) is 4.54. The second-order valence-electron chi connectivity index (χ2n) is 4.14. The lowest BCUT2D eigenvalue weighted by Gasteiger charge is -2.09. The zero-order valence-corrected chi connectivity index (χ0v) is 12.2. The van der Waals surface area contributed by atoms with Gasteiger partial charge in [-0.1, -0.05) is 16.8 Å². The first-order valence-electron chi connectivity index (χ1n) is 6.32. The quantitative estimate of drug-likeness (QED) is 0.383. The molecular formula is C15H15ClN2O3. The van der Waals surface area contributed by atoms with Crippen LogP contribution in [0.2, 0.25) is 5.02 Å². The van der Waals surface area contributed by atoms with Crippen molar-refractivity contribution >= 4 is 17.4 Å². The molecular weight excluding hydrogens is 292 g/mol. The Balaban J connectivity index is 2.16. The molecule has 0 aliphatic carbocycles. The third-order valence-corrected chi connectivity index (χ3v) is 2.99. The highest BCUT2D eigenvalue weighted by Crippen LogP contribution is 2.30. The van der Waals surface area contributed by atoms with Gasteiger partial charge in [-0.3, -0.25) is 0 Å². The zero-order valence-electron chi connectivity index (χ0n) is 11.4. The van der Waals surface area contributed by atoms with Crippen molar-refractivity contribution in [3.8, 4) is 17.2 Å². The molecule has 21 heavy (non-hydrogen) atoms. The highest BCUT2D eigenvalue weighted by atomic mass is 35.5. The molecule has 0 aliphatic heterocycles. The molecule has 0 spiro atoms. The molecule has 5 nitrogen and oxygen atoms in total. The molecule has 0 atom stereocenters. The molecule has 0 saturated carbocycles. The van der Waals surface area contributed by atoms with E-state index in [4.69, 9.17) is 32.0 Å². The molecule has 2 aromatic carbocycles. The average Bonchev–Trinajstić information content (AvgIpc) is 2.50. The van der Waals surface area contributed by atoms with E-state index in [1.807, 2.05) is 19.1 Å². The van der Waals surface area contributed by atoms with Gasteiger partial charge in [-0.2, -0.15) is 0 Å². The zero-order chi connectivity index (χ0) is 15.2. The first-order valence-corrected chi connectivity index (χ1v) is 6.70. The van der Waals surface area contributed by atoms with Crippen LogP contribution < -0.4 is 15.2 Å². The summed E-state index contributed by atoms with van der Waals surface area (Å²) >= 11 is 6.12. The standard InChI is InChI=1S/C15H15ClN2O3/c1-2-20-11-4-6-12(7-5-11)21-14-8-3-10(9-13(14)16)15(17)18-19/h3-9,19H,2H2,1H3,(H2,17,18). The molecule has 6 heteroatoms.